The van der Waals surface area contributed by atoms with E-state index < -0.39 is 5.60 Å². The van der Waals surface area contributed by atoms with Gasteiger partial charge < -0.3 is 9.67 Å². The molecule has 106 valence electrons. The second kappa shape index (κ2) is 4.91. The normalized spacial score (nSPS) is 32.1. The molecule has 3 rings (SSSR count). The zero-order chi connectivity index (χ0) is 13.5. The molecule has 0 radical (unpaired) electrons. The Morgan fingerprint density at radius 2 is 2.26 bits per heavy atom. The minimum Gasteiger partial charge on any atom is -0.388 e. The smallest absolute Gasteiger partial charge is 0.111 e. The average Bonchev–Trinajstić information content (AvgIpc) is 3.04. The maximum Gasteiger partial charge on any atom is 0.111 e. The van der Waals surface area contributed by atoms with Crippen LogP contribution >= 0.6 is 0 Å². The van der Waals surface area contributed by atoms with Crippen LogP contribution < -0.4 is 0 Å². The van der Waals surface area contributed by atoms with Gasteiger partial charge in [-0.3, -0.25) is 4.90 Å². The molecule has 1 saturated carbocycles. The number of imidazole rings is 1. The van der Waals surface area contributed by atoms with Gasteiger partial charge in [-0.1, -0.05) is 6.92 Å². The van der Waals surface area contributed by atoms with E-state index in [-0.39, 0.29) is 0 Å². The lowest BCUT2D eigenvalue weighted by molar-refractivity contribution is 0.0459. The highest BCUT2D eigenvalue weighted by molar-refractivity contribution is 5.06. The van der Waals surface area contributed by atoms with Crippen molar-refractivity contribution in [2.45, 2.75) is 70.2 Å². The largest absolute Gasteiger partial charge is 0.388 e. The van der Waals surface area contributed by atoms with Crippen LogP contribution in [0.25, 0.3) is 0 Å². The number of hydrogen-bond donors (Lipinski definition) is 1. The van der Waals surface area contributed by atoms with Gasteiger partial charge in [0, 0.05) is 44.0 Å². The monoisotopic (exact) mass is 263 g/mol. The van der Waals surface area contributed by atoms with Crippen molar-refractivity contribution in [3.63, 3.8) is 0 Å². The van der Waals surface area contributed by atoms with Gasteiger partial charge in [0.15, 0.2) is 0 Å². The number of aryl methyl sites for hydroxylation is 1. The lowest BCUT2D eigenvalue weighted by Crippen LogP contribution is -2.37. The molecule has 2 atom stereocenters. The molecule has 4 nitrogen and oxygen atoms in total. The third kappa shape index (κ3) is 2.70. The fourth-order valence-electron chi connectivity index (χ4n) is 3.50. The Bertz CT molecular complexity index is 440. The van der Waals surface area contributed by atoms with Crippen LogP contribution in [0.2, 0.25) is 0 Å². The van der Waals surface area contributed by atoms with Crippen molar-refractivity contribution >= 4 is 0 Å². The second-order valence-electron chi connectivity index (χ2n) is 6.39. The van der Waals surface area contributed by atoms with Gasteiger partial charge in [0.2, 0.25) is 0 Å². The predicted molar refractivity (Wildman–Crippen MR) is 75.0 cm³/mol. The maximum atomic E-state index is 10.9. The third-order valence-electron chi connectivity index (χ3n) is 4.49. The number of β-amino-alcohol motifs (C(OH)–C–C–N with tert-alkyl or cyclic N) is 1. The molecule has 4 heteroatoms. The summed E-state index contributed by atoms with van der Waals surface area (Å²) in [5, 5.41) is 10.9. The second-order valence-corrected chi connectivity index (χ2v) is 6.39. The van der Waals surface area contributed by atoms with Crippen LogP contribution in [0.1, 0.15) is 45.4 Å². The number of hydrogen-bond acceptors (Lipinski definition) is 3. The number of rotatable bonds is 5. The molecule has 0 aromatic carbocycles. The fourth-order valence-corrected chi connectivity index (χ4v) is 3.50. The topological polar surface area (TPSA) is 41.3 Å². The molecular weight excluding hydrogens is 238 g/mol. The third-order valence-corrected chi connectivity index (χ3v) is 4.49. The van der Waals surface area contributed by atoms with Crippen molar-refractivity contribution in [3.8, 4) is 0 Å². The van der Waals surface area contributed by atoms with E-state index in [0.29, 0.717) is 12.5 Å². The van der Waals surface area contributed by atoms with Gasteiger partial charge in [0.05, 0.1) is 5.60 Å². The summed E-state index contributed by atoms with van der Waals surface area (Å²) in [6.45, 7) is 6.23. The van der Waals surface area contributed by atoms with Gasteiger partial charge in [-0.2, -0.15) is 0 Å². The van der Waals surface area contributed by atoms with Gasteiger partial charge in [-0.25, -0.2) is 4.98 Å². The van der Waals surface area contributed by atoms with E-state index in [1.807, 2.05) is 12.4 Å². The summed E-state index contributed by atoms with van der Waals surface area (Å²) < 4.78 is 2.18. The first kappa shape index (κ1) is 13.1. The predicted octanol–water partition coefficient (Wildman–Crippen LogP) is 1.82. The van der Waals surface area contributed by atoms with E-state index in [9.17, 15) is 5.11 Å². The van der Waals surface area contributed by atoms with Crippen molar-refractivity contribution < 1.29 is 5.11 Å². The fraction of sp³-hybridized carbons (Fsp3) is 0.800. The van der Waals surface area contributed by atoms with Crippen LogP contribution in [0.5, 0.6) is 0 Å². The molecule has 2 aliphatic rings. The quantitative estimate of drug-likeness (QED) is 0.881. The summed E-state index contributed by atoms with van der Waals surface area (Å²) in [6.07, 6.45) is 9.17. The molecule has 1 aromatic heterocycles. The van der Waals surface area contributed by atoms with E-state index >= 15 is 0 Å². The van der Waals surface area contributed by atoms with Gasteiger partial charge in [0.25, 0.3) is 0 Å². The number of likely N-dealkylation sites (tertiary alicyclic amines) is 1. The molecular formula is C15H25N3O. The van der Waals surface area contributed by atoms with Crippen molar-refractivity contribution in [2.24, 2.45) is 0 Å². The molecule has 19 heavy (non-hydrogen) atoms. The lowest BCUT2D eigenvalue weighted by Gasteiger charge is -2.23. The molecule has 0 spiro atoms. The standard InChI is InChI=1S/C15H25N3O/c1-3-7-17-8-6-16-14(17)10-15(19)9-12(2)18(11-15)13-4-5-13/h6,8,12-13,19H,3-5,7,9-11H2,1-2H3. The summed E-state index contributed by atoms with van der Waals surface area (Å²) in [5.41, 5.74) is -0.584. The summed E-state index contributed by atoms with van der Waals surface area (Å²) in [7, 11) is 0. The van der Waals surface area contributed by atoms with E-state index in [2.05, 4.69) is 28.3 Å². The van der Waals surface area contributed by atoms with Crippen LogP contribution in [0.3, 0.4) is 0 Å². The van der Waals surface area contributed by atoms with E-state index in [0.717, 1.165) is 37.8 Å². The minimum absolute atomic E-state index is 0.507. The Morgan fingerprint density at radius 1 is 1.47 bits per heavy atom. The SMILES string of the molecule is CCCn1ccnc1CC1(O)CC(C)N(C2CC2)C1. The average molecular weight is 263 g/mol. The highest BCUT2D eigenvalue weighted by Crippen LogP contribution is 2.38. The number of nitrogens with zero attached hydrogens (tertiary/aromatic N) is 3. The molecule has 1 saturated heterocycles. The van der Waals surface area contributed by atoms with Gasteiger partial charge in [-0.15, -0.1) is 0 Å². The Balaban J connectivity index is 1.69. The van der Waals surface area contributed by atoms with Gasteiger partial charge in [-0.05, 0) is 32.6 Å². The molecule has 1 aromatic rings. The van der Waals surface area contributed by atoms with Crippen LogP contribution in [0.15, 0.2) is 12.4 Å². The highest BCUT2D eigenvalue weighted by atomic mass is 16.3. The van der Waals surface area contributed by atoms with E-state index in [1.54, 1.807) is 0 Å². The van der Waals surface area contributed by atoms with Gasteiger partial charge >= 0.3 is 0 Å². The molecule has 2 unspecified atom stereocenters. The summed E-state index contributed by atoms with van der Waals surface area (Å²) >= 11 is 0. The van der Waals surface area contributed by atoms with Crippen molar-refractivity contribution in [1.29, 1.82) is 0 Å². The molecule has 1 aliphatic carbocycles. The first-order valence-electron chi connectivity index (χ1n) is 7.59. The van der Waals surface area contributed by atoms with Crippen molar-refractivity contribution in [3.05, 3.63) is 18.2 Å². The van der Waals surface area contributed by atoms with E-state index in [4.69, 9.17) is 0 Å². The van der Waals surface area contributed by atoms with Gasteiger partial charge in [0.1, 0.15) is 5.82 Å². The lowest BCUT2D eigenvalue weighted by atomic mass is 9.96. The number of aromatic nitrogens is 2. The zero-order valence-corrected chi connectivity index (χ0v) is 12.0. The zero-order valence-electron chi connectivity index (χ0n) is 12.0. The molecule has 2 heterocycles. The van der Waals surface area contributed by atoms with Crippen LogP contribution in [0, 0.1) is 0 Å². The van der Waals surface area contributed by atoms with Crippen molar-refractivity contribution in [2.75, 3.05) is 6.54 Å². The maximum absolute atomic E-state index is 10.9. The summed E-state index contributed by atoms with van der Waals surface area (Å²) in [5.74, 6) is 1.04. The summed E-state index contributed by atoms with van der Waals surface area (Å²) in [4.78, 5) is 6.93. The Hall–Kier alpha value is -0.870. The first-order valence-corrected chi connectivity index (χ1v) is 7.59. The molecule has 0 bridgehead atoms. The Labute approximate surface area is 115 Å². The summed E-state index contributed by atoms with van der Waals surface area (Å²) in [6, 6.07) is 1.24. The molecule has 1 N–H and O–H groups in total. The highest BCUT2D eigenvalue weighted by Gasteiger charge is 2.46. The number of aliphatic hydroxyl groups is 1. The van der Waals surface area contributed by atoms with Crippen molar-refractivity contribution in [1.82, 2.24) is 14.5 Å². The molecule has 1 aliphatic heterocycles. The van der Waals surface area contributed by atoms with E-state index in [1.165, 1.54) is 12.8 Å². The Morgan fingerprint density at radius 3 is 2.95 bits per heavy atom. The van der Waals surface area contributed by atoms with Crippen LogP contribution in [-0.4, -0.2) is 43.8 Å². The van der Waals surface area contributed by atoms with Crippen LogP contribution in [-0.2, 0) is 13.0 Å². The first-order chi connectivity index (χ1) is 9.11. The molecule has 0 amide bonds. The molecule has 2 fully saturated rings. The Kier molecular flexibility index (Phi) is 3.39. The minimum atomic E-state index is -0.584. The van der Waals surface area contributed by atoms with Crippen LogP contribution in [0.4, 0.5) is 0 Å².